The fourth-order valence-electron chi connectivity index (χ4n) is 4.91. The van der Waals surface area contributed by atoms with E-state index in [1.807, 2.05) is 42.5 Å². The van der Waals surface area contributed by atoms with Crippen molar-refractivity contribution in [2.24, 2.45) is 5.16 Å². The molecule has 2 amide bonds. The van der Waals surface area contributed by atoms with Gasteiger partial charge in [0.05, 0.1) is 33.9 Å². The maximum atomic E-state index is 13.8. The van der Waals surface area contributed by atoms with Crippen LogP contribution in [-0.4, -0.2) is 66.1 Å². The highest BCUT2D eigenvalue weighted by Gasteiger charge is 2.41. The van der Waals surface area contributed by atoms with Crippen molar-refractivity contribution in [1.29, 1.82) is 5.26 Å². The number of carbonyl (C=O) groups excluding carboxylic acids is 2. The molecule has 204 valence electrons. The highest BCUT2D eigenvalue weighted by Crippen LogP contribution is 2.28. The molecule has 8 nitrogen and oxygen atoms in total. The van der Waals surface area contributed by atoms with E-state index in [0.717, 1.165) is 11.3 Å². The molecule has 3 aromatic carbocycles. The van der Waals surface area contributed by atoms with Crippen LogP contribution in [0, 0.1) is 11.3 Å². The number of nitriles is 1. The third kappa shape index (κ3) is 6.22. The summed E-state index contributed by atoms with van der Waals surface area (Å²) >= 11 is 12.3. The number of nitrogens with zero attached hydrogens (tertiary/aromatic N) is 5. The van der Waals surface area contributed by atoms with Gasteiger partial charge in [-0.15, -0.1) is 0 Å². The molecule has 0 bridgehead atoms. The van der Waals surface area contributed by atoms with Gasteiger partial charge in [-0.1, -0.05) is 58.7 Å². The molecule has 2 saturated heterocycles. The molecule has 0 saturated carbocycles. The molecule has 10 heteroatoms. The highest BCUT2D eigenvalue weighted by molar-refractivity contribution is 6.42. The zero-order valence-electron chi connectivity index (χ0n) is 21.7. The van der Waals surface area contributed by atoms with Crippen molar-refractivity contribution >= 4 is 46.4 Å². The Labute approximate surface area is 242 Å². The summed E-state index contributed by atoms with van der Waals surface area (Å²) < 4.78 is 0. The molecule has 40 heavy (non-hydrogen) atoms. The molecule has 2 fully saturated rings. The summed E-state index contributed by atoms with van der Waals surface area (Å²) in [6.45, 7) is 2.75. The molecular weight excluding hydrogens is 549 g/mol. The minimum absolute atomic E-state index is 0.121. The number of hydrogen-bond donors (Lipinski definition) is 0. The summed E-state index contributed by atoms with van der Waals surface area (Å²) in [5.74, 6) is -0.408. The molecule has 2 aliphatic heterocycles. The number of anilines is 1. The van der Waals surface area contributed by atoms with Gasteiger partial charge in [-0.05, 0) is 48.0 Å². The molecule has 1 atom stereocenters. The summed E-state index contributed by atoms with van der Waals surface area (Å²) in [4.78, 5) is 38.4. The van der Waals surface area contributed by atoms with E-state index in [0.29, 0.717) is 66.1 Å². The summed E-state index contributed by atoms with van der Waals surface area (Å²) in [5.41, 5.74) is 3.42. The third-order valence-corrected chi connectivity index (χ3v) is 7.83. The van der Waals surface area contributed by atoms with E-state index in [-0.39, 0.29) is 18.4 Å². The first-order valence-electron chi connectivity index (χ1n) is 12.9. The molecule has 0 aromatic heterocycles. The average Bonchev–Trinajstić information content (AvgIpc) is 3.42. The molecule has 2 aliphatic rings. The van der Waals surface area contributed by atoms with Crippen molar-refractivity contribution < 1.29 is 14.4 Å². The first-order valence-corrected chi connectivity index (χ1v) is 13.7. The number of likely N-dealkylation sites (tertiary alicyclic amines) is 1. The molecule has 0 aliphatic carbocycles. The molecule has 3 aromatic rings. The highest BCUT2D eigenvalue weighted by atomic mass is 35.5. The molecule has 0 unspecified atom stereocenters. The standard InChI is InChI=1S/C30H27Cl2N5O3/c31-26-11-10-25(17-27(26)32)35-12-14-36(15-13-35)30(39)28-16-24(34-40-20-22-4-2-1-3-5-22)19-37(28)29(38)23-8-6-21(18-33)7-9-23/h1-11,17,28H,12-16,19-20H2/b34-24-/t28-/m0/s1. The van der Waals surface area contributed by atoms with Gasteiger partial charge in [0.2, 0.25) is 5.91 Å². The number of rotatable bonds is 6. The fourth-order valence-corrected chi connectivity index (χ4v) is 5.20. The maximum Gasteiger partial charge on any atom is 0.254 e. The van der Waals surface area contributed by atoms with Gasteiger partial charge in [0.15, 0.2) is 0 Å². The first-order chi connectivity index (χ1) is 19.4. The Morgan fingerprint density at radius 1 is 0.950 bits per heavy atom. The van der Waals surface area contributed by atoms with Crippen molar-refractivity contribution in [3.05, 3.63) is 99.5 Å². The number of halogens is 2. The van der Waals surface area contributed by atoms with Crippen LogP contribution in [0.15, 0.2) is 78.0 Å². The third-order valence-electron chi connectivity index (χ3n) is 7.09. The van der Waals surface area contributed by atoms with Gasteiger partial charge in [0.25, 0.3) is 5.91 Å². The van der Waals surface area contributed by atoms with Crippen LogP contribution in [0.4, 0.5) is 5.69 Å². The number of amides is 2. The first kappa shape index (κ1) is 27.5. The van der Waals surface area contributed by atoms with Gasteiger partial charge < -0.3 is 19.5 Å². The van der Waals surface area contributed by atoms with E-state index in [1.54, 1.807) is 40.1 Å². The predicted molar refractivity (Wildman–Crippen MR) is 155 cm³/mol. The molecule has 0 N–H and O–H groups in total. The Bertz CT molecular complexity index is 1450. The Hall–Kier alpha value is -4.06. The zero-order valence-corrected chi connectivity index (χ0v) is 23.2. The SMILES string of the molecule is N#Cc1ccc(C(=O)N2C/C(=N\OCc3ccccc3)C[C@H]2C(=O)N2CCN(c3ccc(Cl)c(Cl)c3)CC2)cc1. The molecular formula is C30H27Cl2N5O3. The topological polar surface area (TPSA) is 89.2 Å². The van der Waals surface area contributed by atoms with Crippen LogP contribution < -0.4 is 4.90 Å². The normalized spacial score (nSPS) is 18.1. The van der Waals surface area contributed by atoms with Crippen LogP contribution in [0.5, 0.6) is 0 Å². The predicted octanol–water partition coefficient (Wildman–Crippen LogP) is 5.00. The number of piperazine rings is 1. The van der Waals surface area contributed by atoms with Crippen LogP contribution in [0.25, 0.3) is 0 Å². The van der Waals surface area contributed by atoms with Crippen LogP contribution >= 0.6 is 23.2 Å². The van der Waals surface area contributed by atoms with E-state index in [2.05, 4.69) is 16.1 Å². The van der Waals surface area contributed by atoms with Crippen LogP contribution in [0.2, 0.25) is 10.0 Å². The molecule has 0 spiro atoms. The maximum absolute atomic E-state index is 13.8. The molecule has 0 radical (unpaired) electrons. The van der Waals surface area contributed by atoms with Crippen molar-refractivity contribution in [2.45, 2.75) is 19.1 Å². The second kappa shape index (κ2) is 12.4. The summed E-state index contributed by atoms with van der Waals surface area (Å²) in [6.07, 6.45) is 0.294. The Morgan fingerprint density at radius 3 is 2.35 bits per heavy atom. The quantitative estimate of drug-likeness (QED) is 0.386. The monoisotopic (exact) mass is 575 g/mol. The van der Waals surface area contributed by atoms with Gasteiger partial charge in [-0.25, -0.2) is 0 Å². The number of oxime groups is 1. The smallest absolute Gasteiger partial charge is 0.254 e. The second-order valence-electron chi connectivity index (χ2n) is 9.67. The Balaban J connectivity index is 1.30. The van der Waals surface area contributed by atoms with Crippen LogP contribution in [0.3, 0.4) is 0 Å². The van der Waals surface area contributed by atoms with Gasteiger partial charge in [0.1, 0.15) is 12.6 Å². The van der Waals surface area contributed by atoms with Crippen molar-refractivity contribution in [3.63, 3.8) is 0 Å². The minimum atomic E-state index is -0.696. The summed E-state index contributed by atoms with van der Waals surface area (Å²) in [6, 6.07) is 23.0. The van der Waals surface area contributed by atoms with E-state index in [4.69, 9.17) is 33.3 Å². The lowest BCUT2D eigenvalue weighted by molar-refractivity contribution is -0.135. The van der Waals surface area contributed by atoms with Crippen LogP contribution in [-0.2, 0) is 16.2 Å². The Kier molecular flexibility index (Phi) is 8.54. The zero-order chi connectivity index (χ0) is 28.1. The van der Waals surface area contributed by atoms with E-state index < -0.39 is 6.04 Å². The second-order valence-corrected chi connectivity index (χ2v) is 10.5. The lowest BCUT2D eigenvalue weighted by Gasteiger charge is -2.38. The summed E-state index contributed by atoms with van der Waals surface area (Å²) in [7, 11) is 0. The van der Waals surface area contributed by atoms with Gasteiger partial charge in [0, 0.05) is 43.9 Å². The van der Waals surface area contributed by atoms with Gasteiger partial charge in [-0.2, -0.15) is 5.26 Å². The van der Waals surface area contributed by atoms with E-state index in [1.165, 1.54) is 0 Å². The molecule has 5 rings (SSSR count). The largest absolute Gasteiger partial charge is 0.391 e. The molecule has 2 heterocycles. The van der Waals surface area contributed by atoms with Gasteiger partial charge >= 0.3 is 0 Å². The lowest BCUT2D eigenvalue weighted by Crippen LogP contribution is -2.54. The average molecular weight is 576 g/mol. The van der Waals surface area contributed by atoms with Crippen molar-refractivity contribution in [2.75, 3.05) is 37.6 Å². The minimum Gasteiger partial charge on any atom is -0.391 e. The van der Waals surface area contributed by atoms with Crippen LogP contribution in [0.1, 0.15) is 27.9 Å². The number of benzene rings is 3. The lowest BCUT2D eigenvalue weighted by atomic mass is 10.1. The number of carbonyl (C=O) groups is 2. The van der Waals surface area contributed by atoms with E-state index >= 15 is 0 Å². The van der Waals surface area contributed by atoms with Crippen molar-refractivity contribution in [1.82, 2.24) is 9.80 Å². The fraction of sp³-hybridized carbons (Fsp3) is 0.267. The Morgan fingerprint density at radius 2 is 1.68 bits per heavy atom. The van der Waals surface area contributed by atoms with Crippen molar-refractivity contribution in [3.8, 4) is 6.07 Å². The summed E-state index contributed by atoms with van der Waals surface area (Å²) in [5, 5.41) is 14.4. The van der Waals surface area contributed by atoms with E-state index in [9.17, 15) is 9.59 Å². The van der Waals surface area contributed by atoms with Gasteiger partial charge in [-0.3, -0.25) is 9.59 Å². The number of hydrogen-bond acceptors (Lipinski definition) is 6.